The minimum absolute atomic E-state index is 0.628. The van der Waals surface area contributed by atoms with Crippen LogP contribution in [0.5, 0.6) is 5.75 Å². The maximum absolute atomic E-state index is 5.24. The van der Waals surface area contributed by atoms with Crippen LogP contribution < -0.4 is 10.1 Å². The third-order valence-corrected chi connectivity index (χ3v) is 6.63. The molecule has 0 saturated carbocycles. The lowest BCUT2D eigenvalue weighted by atomic mass is 9.70. The molecule has 0 spiro atoms. The summed E-state index contributed by atoms with van der Waals surface area (Å²) in [6, 6.07) is 20.0. The first-order chi connectivity index (χ1) is 13.6. The average molecular weight is 381 g/mol. The van der Waals surface area contributed by atoms with Crippen molar-refractivity contribution in [3.8, 4) is 5.75 Å². The topological polar surface area (TPSA) is 24.5 Å². The highest BCUT2D eigenvalue weighted by molar-refractivity contribution is 5.27. The standard InChI is InChI=1S/C25H36N2O/c1-19-18-27(3)20(2)25(16-21-8-6-5-7-9-21)24(19)14-15-26-17-22-10-12-23(28-4)13-11-22/h5-13,19-20,24-26H,14-18H2,1-4H3/t19-,20+,24+,25-/m0/s1. The van der Waals surface area contributed by atoms with Gasteiger partial charge >= 0.3 is 0 Å². The molecule has 3 nitrogen and oxygen atoms in total. The maximum Gasteiger partial charge on any atom is 0.118 e. The van der Waals surface area contributed by atoms with Gasteiger partial charge in [-0.15, -0.1) is 0 Å². The van der Waals surface area contributed by atoms with E-state index >= 15 is 0 Å². The normalized spacial score (nSPS) is 25.6. The number of methoxy groups -OCH3 is 1. The Bertz CT molecular complexity index is 700. The molecule has 0 unspecified atom stereocenters. The lowest BCUT2D eigenvalue weighted by Crippen LogP contribution is -2.50. The van der Waals surface area contributed by atoms with Crippen LogP contribution in [-0.4, -0.2) is 38.2 Å². The van der Waals surface area contributed by atoms with Gasteiger partial charge in [-0.2, -0.15) is 0 Å². The molecule has 28 heavy (non-hydrogen) atoms. The molecule has 3 rings (SSSR count). The lowest BCUT2D eigenvalue weighted by Gasteiger charge is -2.46. The van der Waals surface area contributed by atoms with E-state index < -0.39 is 0 Å². The van der Waals surface area contributed by atoms with Crippen molar-refractivity contribution in [2.75, 3.05) is 27.2 Å². The fourth-order valence-electron chi connectivity index (χ4n) is 4.81. The molecule has 0 aliphatic carbocycles. The Hall–Kier alpha value is -1.84. The van der Waals surface area contributed by atoms with E-state index in [1.165, 1.54) is 30.5 Å². The highest BCUT2D eigenvalue weighted by Gasteiger charge is 2.37. The first-order valence-corrected chi connectivity index (χ1v) is 10.7. The minimum atomic E-state index is 0.628. The Morgan fingerprint density at radius 3 is 2.36 bits per heavy atom. The summed E-state index contributed by atoms with van der Waals surface area (Å²) in [7, 11) is 4.00. The molecule has 3 heteroatoms. The van der Waals surface area contributed by atoms with Gasteiger partial charge in [-0.25, -0.2) is 0 Å². The number of nitrogens with one attached hydrogen (secondary N) is 1. The number of hydrogen-bond acceptors (Lipinski definition) is 3. The highest BCUT2D eigenvalue weighted by Crippen LogP contribution is 2.36. The fraction of sp³-hybridized carbons (Fsp3) is 0.520. The SMILES string of the molecule is COc1ccc(CNCC[C@H]2[C@@H](Cc3ccccc3)[C@@H](C)N(C)C[C@@H]2C)cc1. The van der Waals surface area contributed by atoms with Crippen molar-refractivity contribution in [3.05, 3.63) is 65.7 Å². The zero-order valence-corrected chi connectivity index (χ0v) is 17.9. The van der Waals surface area contributed by atoms with E-state index in [9.17, 15) is 0 Å². The van der Waals surface area contributed by atoms with Crippen LogP contribution in [-0.2, 0) is 13.0 Å². The summed E-state index contributed by atoms with van der Waals surface area (Å²) in [5, 5.41) is 3.66. The van der Waals surface area contributed by atoms with Crippen LogP contribution in [0.2, 0.25) is 0 Å². The van der Waals surface area contributed by atoms with Crippen LogP contribution in [0.1, 0.15) is 31.4 Å². The third-order valence-electron chi connectivity index (χ3n) is 6.63. The van der Waals surface area contributed by atoms with Crippen molar-refractivity contribution < 1.29 is 4.74 Å². The second-order valence-electron chi connectivity index (χ2n) is 8.49. The number of nitrogens with zero attached hydrogens (tertiary/aromatic N) is 1. The molecule has 1 N–H and O–H groups in total. The highest BCUT2D eigenvalue weighted by atomic mass is 16.5. The van der Waals surface area contributed by atoms with Crippen LogP contribution in [0.15, 0.2) is 54.6 Å². The van der Waals surface area contributed by atoms with Crippen LogP contribution in [0.25, 0.3) is 0 Å². The monoisotopic (exact) mass is 380 g/mol. The van der Waals surface area contributed by atoms with Gasteiger partial charge in [0.15, 0.2) is 0 Å². The van der Waals surface area contributed by atoms with Crippen LogP contribution >= 0.6 is 0 Å². The van der Waals surface area contributed by atoms with Gasteiger partial charge in [-0.3, -0.25) is 0 Å². The van der Waals surface area contributed by atoms with Crippen molar-refractivity contribution >= 4 is 0 Å². The molecule has 0 radical (unpaired) electrons. The molecule has 4 atom stereocenters. The first-order valence-electron chi connectivity index (χ1n) is 10.7. The summed E-state index contributed by atoms with van der Waals surface area (Å²) in [5.74, 6) is 3.12. The molecule has 0 aromatic heterocycles. The van der Waals surface area contributed by atoms with E-state index in [-0.39, 0.29) is 0 Å². The zero-order valence-electron chi connectivity index (χ0n) is 17.9. The van der Waals surface area contributed by atoms with Crippen LogP contribution in [0, 0.1) is 17.8 Å². The number of likely N-dealkylation sites (tertiary alicyclic amines) is 1. The zero-order chi connectivity index (χ0) is 19.9. The summed E-state index contributed by atoms with van der Waals surface area (Å²) in [6.45, 7) is 8.05. The van der Waals surface area contributed by atoms with Gasteiger partial charge in [-0.1, -0.05) is 49.4 Å². The molecule has 0 amide bonds. The Kier molecular flexibility index (Phi) is 7.52. The molecule has 0 bridgehead atoms. The van der Waals surface area contributed by atoms with E-state index in [1.807, 2.05) is 12.1 Å². The Morgan fingerprint density at radius 1 is 0.964 bits per heavy atom. The molecule has 152 valence electrons. The first kappa shape index (κ1) is 20.9. The van der Waals surface area contributed by atoms with Crippen molar-refractivity contribution in [1.29, 1.82) is 0 Å². The van der Waals surface area contributed by atoms with Crippen molar-refractivity contribution in [2.45, 2.75) is 39.3 Å². The predicted octanol–water partition coefficient (Wildman–Crippen LogP) is 4.62. The fourth-order valence-corrected chi connectivity index (χ4v) is 4.81. The van der Waals surface area contributed by atoms with Gasteiger partial charge in [0.25, 0.3) is 0 Å². The summed E-state index contributed by atoms with van der Waals surface area (Å²) < 4.78 is 5.24. The summed E-state index contributed by atoms with van der Waals surface area (Å²) in [5.41, 5.74) is 2.78. The summed E-state index contributed by atoms with van der Waals surface area (Å²) in [4.78, 5) is 2.56. The molecular formula is C25H36N2O. The van der Waals surface area contributed by atoms with Crippen molar-refractivity contribution in [1.82, 2.24) is 10.2 Å². The van der Waals surface area contributed by atoms with Gasteiger partial charge in [-0.05, 0) is 74.4 Å². The predicted molar refractivity (Wildman–Crippen MR) is 118 cm³/mol. The van der Waals surface area contributed by atoms with Gasteiger partial charge in [0, 0.05) is 19.1 Å². The summed E-state index contributed by atoms with van der Waals surface area (Å²) >= 11 is 0. The molecule has 2 aromatic carbocycles. The largest absolute Gasteiger partial charge is 0.497 e. The van der Waals surface area contributed by atoms with E-state index in [0.29, 0.717) is 12.0 Å². The van der Waals surface area contributed by atoms with Gasteiger partial charge < -0.3 is 15.0 Å². The molecule has 1 aliphatic rings. The number of piperidine rings is 1. The molecule has 1 heterocycles. The van der Waals surface area contributed by atoms with Crippen LogP contribution in [0.3, 0.4) is 0 Å². The second-order valence-corrected chi connectivity index (χ2v) is 8.49. The van der Waals surface area contributed by atoms with Gasteiger partial charge in [0.1, 0.15) is 5.75 Å². The second kappa shape index (κ2) is 10.1. The van der Waals surface area contributed by atoms with E-state index in [4.69, 9.17) is 4.74 Å². The minimum Gasteiger partial charge on any atom is -0.497 e. The Morgan fingerprint density at radius 2 is 1.68 bits per heavy atom. The van der Waals surface area contributed by atoms with E-state index in [0.717, 1.165) is 30.7 Å². The molecule has 1 aliphatic heterocycles. The van der Waals surface area contributed by atoms with Gasteiger partial charge in [0.05, 0.1) is 7.11 Å². The molecule has 1 fully saturated rings. The van der Waals surface area contributed by atoms with Crippen LogP contribution in [0.4, 0.5) is 0 Å². The van der Waals surface area contributed by atoms with E-state index in [1.54, 1.807) is 7.11 Å². The number of benzene rings is 2. The number of rotatable bonds is 8. The number of hydrogen-bond donors (Lipinski definition) is 1. The summed E-state index contributed by atoms with van der Waals surface area (Å²) in [6.07, 6.45) is 2.42. The lowest BCUT2D eigenvalue weighted by molar-refractivity contribution is 0.0320. The van der Waals surface area contributed by atoms with Crippen molar-refractivity contribution in [2.24, 2.45) is 17.8 Å². The average Bonchev–Trinajstić information content (AvgIpc) is 2.72. The van der Waals surface area contributed by atoms with E-state index in [2.05, 4.69) is 73.6 Å². The number of ether oxygens (including phenoxy) is 1. The smallest absolute Gasteiger partial charge is 0.118 e. The quantitative estimate of drug-likeness (QED) is 0.676. The van der Waals surface area contributed by atoms with Gasteiger partial charge in [0.2, 0.25) is 0 Å². The van der Waals surface area contributed by atoms with Crippen molar-refractivity contribution in [3.63, 3.8) is 0 Å². The Balaban J connectivity index is 1.57. The molecule has 1 saturated heterocycles. The molecular weight excluding hydrogens is 344 g/mol. The third kappa shape index (κ3) is 5.36. The molecule has 2 aromatic rings. The maximum atomic E-state index is 5.24. The Labute approximate surface area is 171 Å².